The van der Waals surface area contributed by atoms with Crippen molar-refractivity contribution in [3.63, 3.8) is 0 Å². The summed E-state index contributed by atoms with van der Waals surface area (Å²) >= 11 is 1.73. The van der Waals surface area contributed by atoms with Crippen molar-refractivity contribution >= 4 is 17.7 Å². The molecule has 0 N–H and O–H groups in total. The number of thioether (sulfide) groups is 1. The average molecular weight is 345 g/mol. The zero-order valence-corrected chi connectivity index (χ0v) is 13.4. The van der Waals surface area contributed by atoms with Crippen LogP contribution in [-0.2, 0) is 4.74 Å². The molecule has 2 aliphatic heterocycles. The van der Waals surface area contributed by atoms with Crippen LogP contribution in [0.25, 0.3) is 0 Å². The summed E-state index contributed by atoms with van der Waals surface area (Å²) in [6, 6.07) is 1.78. The molecule has 2 aliphatic rings. The number of halogens is 3. The van der Waals surface area contributed by atoms with E-state index in [2.05, 4.69) is 0 Å². The normalized spacial score (nSPS) is 24.1. The maximum Gasteiger partial charge on any atom is 0.257 e. The van der Waals surface area contributed by atoms with E-state index in [1.807, 2.05) is 0 Å². The second kappa shape index (κ2) is 7.13. The van der Waals surface area contributed by atoms with Gasteiger partial charge in [0.25, 0.3) is 5.91 Å². The van der Waals surface area contributed by atoms with Gasteiger partial charge >= 0.3 is 0 Å². The van der Waals surface area contributed by atoms with Crippen molar-refractivity contribution in [1.29, 1.82) is 0 Å². The Kier molecular flexibility index (Phi) is 5.16. The molecule has 0 aromatic heterocycles. The molecule has 2 saturated heterocycles. The summed E-state index contributed by atoms with van der Waals surface area (Å²) in [5, 5.41) is 0. The Morgan fingerprint density at radius 2 is 2.09 bits per heavy atom. The number of benzene rings is 1. The Hall–Kier alpha value is -1.21. The fraction of sp³-hybridized carbons (Fsp3) is 0.562. The molecular weight excluding hydrogens is 327 g/mol. The van der Waals surface area contributed by atoms with Gasteiger partial charge in [0.05, 0.1) is 11.7 Å². The molecular formula is C16H18F3NO2S. The fourth-order valence-corrected chi connectivity index (χ4v) is 4.24. The van der Waals surface area contributed by atoms with Crippen molar-refractivity contribution in [2.75, 3.05) is 24.7 Å². The number of amides is 1. The van der Waals surface area contributed by atoms with Crippen LogP contribution in [0.15, 0.2) is 12.1 Å². The summed E-state index contributed by atoms with van der Waals surface area (Å²) in [4.78, 5) is 14.3. The van der Waals surface area contributed by atoms with Gasteiger partial charge < -0.3 is 9.64 Å². The van der Waals surface area contributed by atoms with Crippen LogP contribution >= 0.6 is 11.8 Å². The lowest BCUT2D eigenvalue weighted by atomic mass is 10.1. The zero-order valence-electron chi connectivity index (χ0n) is 12.6. The Labute approximate surface area is 137 Å². The van der Waals surface area contributed by atoms with E-state index >= 15 is 0 Å². The highest BCUT2D eigenvalue weighted by molar-refractivity contribution is 7.99. The second-order valence-corrected chi connectivity index (χ2v) is 6.98. The zero-order chi connectivity index (χ0) is 16.4. The van der Waals surface area contributed by atoms with E-state index < -0.39 is 28.9 Å². The second-order valence-electron chi connectivity index (χ2n) is 5.83. The topological polar surface area (TPSA) is 29.5 Å². The molecule has 0 saturated carbocycles. The van der Waals surface area contributed by atoms with Crippen LogP contribution in [0.1, 0.15) is 29.6 Å². The first-order valence-corrected chi connectivity index (χ1v) is 8.87. The van der Waals surface area contributed by atoms with Gasteiger partial charge in [-0.25, -0.2) is 13.2 Å². The third kappa shape index (κ3) is 3.50. The maximum absolute atomic E-state index is 14.0. The molecule has 0 radical (unpaired) electrons. The van der Waals surface area contributed by atoms with Gasteiger partial charge in [0, 0.05) is 24.9 Å². The van der Waals surface area contributed by atoms with E-state index in [1.165, 1.54) is 0 Å². The van der Waals surface area contributed by atoms with Gasteiger partial charge in [0.15, 0.2) is 17.5 Å². The third-order valence-electron chi connectivity index (χ3n) is 4.30. The van der Waals surface area contributed by atoms with Gasteiger partial charge in [0.1, 0.15) is 0 Å². The molecule has 0 aliphatic carbocycles. The highest BCUT2D eigenvalue weighted by atomic mass is 32.2. The van der Waals surface area contributed by atoms with Crippen LogP contribution in [-0.4, -0.2) is 47.6 Å². The molecule has 23 heavy (non-hydrogen) atoms. The van der Waals surface area contributed by atoms with Gasteiger partial charge in [-0.1, -0.05) is 0 Å². The minimum absolute atomic E-state index is 0.0239. The molecule has 0 bridgehead atoms. The van der Waals surface area contributed by atoms with Gasteiger partial charge in [-0.15, -0.1) is 0 Å². The summed E-state index contributed by atoms with van der Waals surface area (Å²) in [5.41, 5.74) is -0.418. The van der Waals surface area contributed by atoms with Crippen LogP contribution in [0.5, 0.6) is 0 Å². The SMILES string of the molecule is O=C(c1ccc(F)c(F)c1F)N(CC1CCCO1)C1CCSC1. The lowest BCUT2D eigenvalue weighted by Crippen LogP contribution is -2.45. The quantitative estimate of drug-likeness (QED) is 0.785. The Morgan fingerprint density at radius 1 is 1.26 bits per heavy atom. The molecule has 3 rings (SSSR count). The highest BCUT2D eigenvalue weighted by Crippen LogP contribution is 2.27. The minimum Gasteiger partial charge on any atom is -0.376 e. The van der Waals surface area contributed by atoms with E-state index in [0.717, 1.165) is 42.9 Å². The number of nitrogens with zero attached hydrogens (tertiary/aromatic N) is 1. The molecule has 2 heterocycles. The van der Waals surface area contributed by atoms with Crippen molar-refractivity contribution in [2.45, 2.75) is 31.4 Å². The van der Waals surface area contributed by atoms with Crippen molar-refractivity contribution < 1.29 is 22.7 Å². The van der Waals surface area contributed by atoms with Crippen LogP contribution in [0.3, 0.4) is 0 Å². The van der Waals surface area contributed by atoms with Gasteiger partial charge in [-0.05, 0) is 37.1 Å². The lowest BCUT2D eigenvalue weighted by molar-refractivity contribution is 0.0437. The average Bonchev–Trinajstić information content (AvgIpc) is 3.23. The number of carbonyl (C=O) groups is 1. The van der Waals surface area contributed by atoms with Crippen LogP contribution in [0.2, 0.25) is 0 Å². The molecule has 1 aromatic rings. The van der Waals surface area contributed by atoms with E-state index in [9.17, 15) is 18.0 Å². The van der Waals surface area contributed by atoms with E-state index in [0.29, 0.717) is 13.2 Å². The maximum atomic E-state index is 14.0. The first-order valence-electron chi connectivity index (χ1n) is 7.71. The van der Waals surface area contributed by atoms with E-state index in [1.54, 1.807) is 16.7 Å². The predicted molar refractivity (Wildman–Crippen MR) is 82.1 cm³/mol. The van der Waals surface area contributed by atoms with E-state index in [-0.39, 0.29) is 12.1 Å². The predicted octanol–water partition coefficient (Wildman–Crippen LogP) is 3.23. The van der Waals surface area contributed by atoms with Crippen molar-refractivity contribution in [1.82, 2.24) is 4.90 Å². The van der Waals surface area contributed by atoms with Crippen LogP contribution < -0.4 is 0 Å². The smallest absolute Gasteiger partial charge is 0.257 e. The number of rotatable bonds is 4. The molecule has 7 heteroatoms. The van der Waals surface area contributed by atoms with Crippen molar-refractivity contribution in [3.05, 3.63) is 35.1 Å². The molecule has 1 aromatic carbocycles. The van der Waals surface area contributed by atoms with Crippen LogP contribution in [0, 0.1) is 17.5 Å². The summed E-state index contributed by atoms with van der Waals surface area (Å²) in [6.07, 6.45) is 2.53. The summed E-state index contributed by atoms with van der Waals surface area (Å²) in [5.74, 6) is -3.21. The molecule has 2 atom stereocenters. The first-order chi connectivity index (χ1) is 11.1. The minimum atomic E-state index is -1.60. The number of carbonyl (C=O) groups excluding carboxylic acids is 1. The van der Waals surface area contributed by atoms with Crippen molar-refractivity contribution in [3.8, 4) is 0 Å². The Bertz CT molecular complexity index is 587. The number of hydrogen-bond donors (Lipinski definition) is 0. The molecule has 2 fully saturated rings. The molecule has 126 valence electrons. The number of hydrogen-bond acceptors (Lipinski definition) is 3. The van der Waals surface area contributed by atoms with Crippen LogP contribution in [0.4, 0.5) is 13.2 Å². The van der Waals surface area contributed by atoms with Gasteiger partial charge in [0.2, 0.25) is 0 Å². The van der Waals surface area contributed by atoms with Gasteiger partial charge in [-0.3, -0.25) is 4.79 Å². The standard InChI is InChI=1S/C16H18F3NO2S/c17-13-4-3-12(14(18)15(13)19)16(21)20(10-5-7-23-9-10)8-11-2-1-6-22-11/h3-4,10-11H,1-2,5-9H2. The molecule has 2 unspecified atom stereocenters. The molecule has 1 amide bonds. The molecule has 0 spiro atoms. The Balaban J connectivity index is 1.85. The summed E-state index contributed by atoms with van der Waals surface area (Å²) < 4.78 is 46.1. The summed E-state index contributed by atoms with van der Waals surface area (Å²) in [6.45, 7) is 1.02. The van der Waals surface area contributed by atoms with Gasteiger partial charge in [-0.2, -0.15) is 11.8 Å². The van der Waals surface area contributed by atoms with E-state index in [4.69, 9.17) is 4.74 Å². The monoisotopic (exact) mass is 345 g/mol. The first kappa shape index (κ1) is 16.6. The third-order valence-corrected chi connectivity index (χ3v) is 5.44. The highest BCUT2D eigenvalue weighted by Gasteiger charge is 2.33. The fourth-order valence-electron chi connectivity index (χ4n) is 3.02. The largest absolute Gasteiger partial charge is 0.376 e. The number of ether oxygens (including phenoxy) is 1. The molecule has 3 nitrogen and oxygen atoms in total. The van der Waals surface area contributed by atoms with Crippen molar-refractivity contribution in [2.24, 2.45) is 0 Å². The summed E-state index contributed by atoms with van der Waals surface area (Å²) in [7, 11) is 0. The lowest BCUT2D eigenvalue weighted by Gasteiger charge is -2.31. The Morgan fingerprint density at radius 3 is 2.74 bits per heavy atom.